The molecule has 0 bridgehead atoms. The number of hydrogen-bond donors (Lipinski definition) is 3. The number of aryl methyl sites for hydroxylation is 2. The predicted molar refractivity (Wildman–Crippen MR) is 94.1 cm³/mol. The van der Waals surface area contributed by atoms with E-state index in [1.54, 1.807) is 0 Å². The number of rotatable bonds is 8. The van der Waals surface area contributed by atoms with Crippen molar-refractivity contribution < 1.29 is 19.5 Å². The molecule has 1 aromatic rings. The maximum Gasteiger partial charge on any atom is 0.305 e. The van der Waals surface area contributed by atoms with Gasteiger partial charge < -0.3 is 15.7 Å². The van der Waals surface area contributed by atoms with Gasteiger partial charge in [-0.2, -0.15) is 0 Å². The lowest BCUT2D eigenvalue weighted by molar-refractivity contribution is -0.139. The summed E-state index contributed by atoms with van der Waals surface area (Å²) in [4.78, 5) is 35.0. The van der Waals surface area contributed by atoms with Crippen LogP contribution in [0.1, 0.15) is 49.7 Å². The van der Waals surface area contributed by atoms with Crippen LogP contribution >= 0.6 is 0 Å². The van der Waals surface area contributed by atoms with Crippen LogP contribution in [0.15, 0.2) is 24.3 Å². The van der Waals surface area contributed by atoms with Crippen LogP contribution in [0.25, 0.3) is 0 Å². The Morgan fingerprint density at radius 1 is 1.08 bits per heavy atom. The Kier molecular flexibility index (Phi) is 6.56. The number of carboxylic acids is 1. The predicted octanol–water partition coefficient (Wildman–Crippen LogP) is 1.95. The van der Waals surface area contributed by atoms with Gasteiger partial charge in [-0.1, -0.05) is 42.7 Å². The summed E-state index contributed by atoms with van der Waals surface area (Å²) in [5, 5.41) is 14.5. The Balaban J connectivity index is 1.74. The molecular formula is C19H26N2O4. The van der Waals surface area contributed by atoms with Crippen LogP contribution in [-0.4, -0.2) is 35.0 Å². The van der Waals surface area contributed by atoms with E-state index >= 15 is 0 Å². The topological polar surface area (TPSA) is 95.5 Å². The second-order valence-electron chi connectivity index (χ2n) is 6.87. The SMILES string of the molecule is Cc1ccc(CCC(=O)NCC(=O)NC2(CC(=O)O)CCCC2)cc1. The van der Waals surface area contributed by atoms with Crippen molar-refractivity contribution in [1.82, 2.24) is 10.6 Å². The van der Waals surface area contributed by atoms with Crippen LogP contribution in [0.3, 0.4) is 0 Å². The molecule has 2 rings (SSSR count). The summed E-state index contributed by atoms with van der Waals surface area (Å²) < 4.78 is 0. The first-order valence-electron chi connectivity index (χ1n) is 8.74. The normalized spacial score (nSPS) is 15.6. The molecule has 2 amide bonds. The number of carbonyl (C=O) groups is 3. The molecule has 25 heavy (non-hydrogen) atoms. The van der Waals surface area contributed by atoms with Gasteiger partial charge in [-0.15, -0.1) is 0 Å². The van der Waals surface area contributed by atoms with Gasteiger partial charge in [0.05, 0.1) is 18.5 Å². The van der Waals surface area contributed by atoms with E-state index in [4.69, 9.17) is 5.11 Å². The van der Waals surface area contributed by atoms with Gasteiger partial charge in [0.15, 0.2) is 0 Å². The Morgan fingerprint density at radius 2 is 1.72 bits per heavy atom. The van der Waals surface area contributed by atoms with Gasteiger partial charge in [-0.25, -0.2) is 0 Å². The zero-order valence-corrected chi connectivity index (χ0v) is 14.6. The van der Waals surface area contributed by atoms with Gasteiger partial charge in [0.1, 0.15) is 0 Å². The van der Waals surface area contributed by atoms with Crippen molar-refractivity contribution in [3.8, 4) is 0 Å². The third kappa shape index (κ3) is 6.21. The van der Waals surface area contributed by atoms with Crippen molar-refractivity contribution in [1.29, 1.82) is 0 Å². The summed E-state index contributed by atoms with van der Waals surface area (Å²) in [6, 6.07) is 7.99. The van der Waals surface area contributed by atoms with Crippen LogP contribution in [0.2, 0.25) is 0 Å². The molecule has 0 radical (unpaired) electrons. The molecule has 1 aliphatic carbocycles. The standard InChI is InChI=1S/C19H26N2O4/c1-14-4-6-15(7-5-14)8-9-16(22)20-13-17(23)21-19(12-18(24)25)10-2-3-11-19/h4-7H,2-3,8-13H2,1H3,(H,20,22)(H,21,23)(H,24,25). The first kappa shape index (κ1) is 19.0. The quantitative estimate of drug-likeness (QED) is 0.670. The molecule has 1 aromatic carbocycles. The summed E-state index contributed by atoms with van der Waals surface area (Å²) in [6.45, 7) is 1.89. The molecular weight excluding hydrogens is 320 g/mol. The number of nitrogens with one attached hydrogen (secondary N) is 2. The molecule has 0 aliphatic heterocycles. The maximum atomic E-state index is 12.1. The average molecular weight is 346 g/mol. The Labute approximate surface area is 148 Å². The van der Waals surface area contributed by atoms with Crippen molar-refractivity contribution in [2.45, 2.75) is 57.4 Å². The molecule has 3 N–H and O–H groups in total. The molecule has 1 saturated carbocycles. The molecule has 0 unspecified atom stereocenters. The molecule has 0 spiro atoms. The number of amides is 2. The second kappa shape index (κ2) is 8.65. The third-order valence-corrected chi connectivity index (χ3v) is 4.66. The van der Waals surface area contributed by atoms with Crippen LogP contribution in [-0.2, 0) is 20.8 Å². The first-order chi connectivity index (χ1) is 11.9. The Bertz CT molecular complexity index is 619. The monoisotopic (exact) mass is 346 g/mol. The zero-order valence-electron chi connectivity index (χ0n) is 14.6. The molecule has 0 heterocycles. The fraction of sp³-hybridized carbons (Fsp3) is 0.526. The van der Waals surface area contributed by atoms with Crippen molar-refractivity contribution in [3.05, 3.63) is 35.4 Å². The summed E-state index contributed by atoms with van der Waals surface area (Å²) in [7, 11) is 0. The van der Waals surface area contributed by atoms with Gasteiger partial charge in [0.25, 0.3) is 0 Å². The maximum absolute atomic E-state index is 12.1. The van der Waals surface area contributed by atoms with Crippen LogP contribution in [0.5, 0.6) is 0 Å². The molecule has 6 heteroatoms. The lowest BCUT2D eigenvalue weighted by Crippen LogP contribution is -2.51. The second-order valence-corrected chi connectivity index (χ2v) is 6.87. The summed E-state index contributed by atoms with van der Waals surface area (Å²) in [6.07, 6.45) is 4.04. The van der Waals surface area contributed by atoms with Gasteiger partial charge in [0.2, 0.25) is 11.8 Å². The van der Waals surface area contributed by atoms with E-state index in [0.29, 0.717) is 25.7 Å². The highest BCUT2D eigenvalue weighted by atomic mass is 16.4. The van der Waals surface area contributed by atoms with Crippen molar-refractivity contribution in [2.75, 3.05) is 6.54 Å². The highest BCUT2D eigenvalue weighted by Crippen LogP contribution is 2.32. The number of carboxylic acid groups (broad SMARTS) is 1. The molecule has 0 aromatic heterocycles. The van der Waals surface area contributed by atoms with Gasteiger partial charge in [-0.3, -0.25) is 14.4 Å². The van der Waals surface area contributed by atoms with E-state index in [9.17, 15) is 14.4 Å². The van der Waals surface area contributed by atoms with Gasteiger partial charge in [0, 0.05) is 6.42 Å². The van der Waals surface area contributed by atoms with Gasteiger partial charge in [-0.05, 0) is 31.7 Å². The number of hydrogen-bond acceptors (Lipinski definition) is 3. The molecule has 0 atom stereocenters. The minimum absolute atomic E-state index is 0.0693. The van der Waals surface area contributed by atoms with Crippen LogP contribution in [0, 0.1) is 6.92 Å². The Morgan fingerprint density at radius 3 is 2.32 bits per heavy atom. The largest absolute Gasteiger partial charge is 0.481 e. The fourth-order valence-electron chi connectivity index (χ4n) is 3.31. The highest BCUT2D eigenvalue weighted by Gasteiger charge is 2.37. The summed E-state index contributed by atoms with van der Waals surface area (Å²) >= 11 is 0. The van der Waals surface area contributed by atoms with Crippen LogP contribution in [0.4, 0.5) is 0 Å². The third-order valence-electron chi connectivity index (χ3n) is 4.66. The number of benzene rings is 1. The fourth-order valence-corrected chi connectivity index (χ4v) is 3.31. The number of carbonyl (C=O) groups excluding carboxylic acids is 2. The van der Waals surface area contributed by atoms with E-state index in [-0.39, 0.29) is 24.8 Å². The zero-order chi connectivity index (χ0) is 18.3. The van der Waals surface area contributed by atoms with E-state index < -0.39 is 11.5 Å². The van der Waals surface area contributed by atoms with Crippen molar-refractivity contribution >= 4 is 17.8 Å². The Hall–Kier alpha value is -2.37. The highest BCUT2D eigenvalue weighted by molar-refractivity contribution is 5.85. The van der Waals surface area contributed by atoms with Gasteiger partial charge >= 0.3 is 5.97 Å². The first-order valence-corrected chi connectivity index (χ1v) is 8.74. The van der Waals surface area contributed by atoms with E-state index in [0.717, 1.165) is 18.4 Å². The smallest absolute Gasteiger partial charge is 0.305 e. The molecule has 136 valence electrons. The molecule has 1 aliphatic rings. The number of aliphatic carboxylic acids is 1. The lowest BCUT2D eigenvalue weighted by Gasteiger charge is -2.28. The summed E-state index contributed by atoms with van der Waals surface area (Å²) in [5.41, 5.74) is 1.60. The molecule has 0 saturated heterocycles. The van der Waals surface area contributed by atoms with E-state index in [1.165, 1.54) is 5.56 Å². The summed E-state index contributed by atoms with van der Waals surface area (Å²) in [5.74, 6) is -1.43. The van der Waals surface area contributed by atoms with Crippen LogP contribution < -0.4 is 10.6 Å². The lowest BCUT2D eigenvalue weighted by atomic mass is 9.93. The van der Waals surface area contributed by atoms with E-state index in [2.05, 4.69) is 10.6 Å². The molecule has 1 fully saturated rings. The van der Waals surface area contributed by atoms with Crippen molar-refractivity contribution in [2.24, 2.45) is 0 Å². The minimum atomic E-state index is -0.913. The van der Waals surface area contributed by atoms with Crippen molar-refractivity contribution in [3.63, 3.8) is 0 Å². The minimum Gasteiger partial charge on any atom is -0.481 e. The molecule has 6 nitrogen and oxygen atoms in total. The average Bonchev–Trinajstić information content (AvgIpc) is 2.99. The van der Waals surface area contributed by atoms with E-state index in [1.807, 2.05) is 31.2 Å².